The van der Waals surface area contributed by atoms with E-state index in [1.54, 1.807) is 4.31 Å². The van der Waals surface area contributed by atoms with Crippen LogP contribution in [0.5, 0.6) is 0 Å². The Morgan fingerprint density at radius 2 is 1.40 bits per heavy atom. The van der Waals surface area contributed by atoms with Crippen LogP contribution in [0.15, 0.2) is 0 Å². The van der Waals surface area contributed by atoms with Crippen molar-refractivity contribution in [2.24, 2.45) is 0 Å². The van der Waals surface area contributed by atoms with E-state index in [2.05, 4.69) is 18.7 Å². The molecule has 0 unspecified atom stereocenters. The first kappa shape index (κ1) is 14.9. The normalized spacial score (nSPS) is 19.9. The summed E-state index contributed by atoms with van der Waals surface area (Å²) < 4.78 is 23.9. The van der Waals surface area contributed by atoms with Gasteiger partial charge in [0.25, 0.3) is 0 Å². The lowest BCUT2D eigenvalue weighted by atomic mass is 10.3. The van der Waals surface area contributed by atoms with E-state index in [1.807, 2.05) is 13.8 Å². The number of sulfonamides is 1. The van der Waals surface area contributed by atoms with Crippen molar-refractivity contribution in [1.82, 2.24) is 9.21 Å². The van der Waals surface area contributed by atoms with Crippen molar-refractivity contribution in [2.75, 3.05) is 32.4 Å². The van der Waals surface area contributed by atoms with Crippen LogP contribution in [0.2, 0.25) is 0 Å². The van der Waals surface area contributed by atoms with E-state index in [4.69, 9.17) is 0 Å². The van der Waals surface area contributed by atoms with Crippen LogP contribution >= 0.6 is 0 Å². The standard InChI is InChI=1S/C8H18N2O2S.C2H6/c1-8(2)9-4-6-10(7-5-9)13(3,11)12;1-2/h8H,4-7H2,1-3H3;1-2H3. The fourth-order valence-electron chi connectivity index (χ4n) is 1.55. The van der Waals surface area contributed by atoms with Gasteiger partial charge in [0, 0.05) is 32.2 Å². The third kappa shape index (κ3) is 4.95. The third-order valence-electron chi connectivity index (χ3n) is 2.47. The molecule has 1 rings (SSSR count). The molecule has 1 saturated heterocycles. The van der Waals surface area contributed by atoms with Gasteiger partial charge in [0.2, 0.25) is 10.0 Å². The predicted molar refractivity (Wildman–Crippen MR) is 64.5 cm³/mol. The van der Waals surface area contributed by atoms with Crippen molar-refractivity contribution in [3.8, 4) is 0 Å². The SMILES string of the molecule is CC.CC(C)N1CCN(S(C)(=O)=O)CC1. The Hall–Kier alpha value is -0.130. The molecule has 1 fully saturated rings. The van der Waals surface area contributed by atoms with Gasteiger partial charge in [-0.1, -0.05) is 13.8 Å². The summed E-state index contributed by atoms with van der Waals surface area (Å²) in [7, 11) is -2.97. The second-order valence-corrected chi connectivity index (χ2v) is 5.77. The first-order valence-corrected chi connectivity index (χ1v) is 7.45. The molecule has 15 heavy (non-hydrogen) atoms. The summed E-state index contributed by atoms with van der Waals surface area (Å²) in [4.78, 5) is 2.29. The van der Waals surface area contributed by atoms with Crippen molar-refractivity contribution in [2.45, 2.75) is 33.7 Å². The highest BCUT2D eigenvalue weighted by molar-refractivity contribution is 7.88. The summed E-state index contributed by atoms with van der Waals surface area (Å²) in [6.45, 7) is 11.2. The lowest BCUT2D eigenvalue weighted by Gasteiger charge is -2.35. The van der Waals surface area contributed by atoms with Crippen molar-refractivity contribution in [3.63, 3.8) is 0 Å². The summed E-state index contributed by atoms with van der Waals surface area (Å²) in [5, 5.41) is 0. The highest BCUT2D eigenvalue weighted by atomic mass is 32.2. The predicted octanol–water partition coefficient (Wildman–Crippen LogP) is 0.998. The molecule has 1 heterocycles. The zero-order valence-corrected chi connectivity index (χ0v) is 11.3. The Morgan fingerprint density at radius 1 is 1.00 bits per heavy atom. The van der Waals surface area contributed by atoms with Gasteiger partial charge in [-0.2, -0.15) is 4.31 Å². The molecule has 0 saturated carbocycles. The zero-order chi connectivity index (χ0) is 12.1. The van der Waals surface area contributed by atoms with Gasteiger partial charge in [-0.3, -0.25) is 4.90 Å². The van der Waals surface area contributed by atoms with Crippen LogP contribution in [0.25, 0.3) is 0 Å². The van der Waals surface area contributed by atoms with Crippen LogP contribution in [0.3, 0.4) is 0 Å². The number of piperazine rings is 1. The summed E-state index contributed by atoms with van der Waals surface area (Å²) in [6, 6.07) is 0.515. The van der Waals surface area contributed by atoms with Gasteiger partial charge in [-0.25, -0.2) is 8.42 Å². The van der Waals surface area contributed by atoms with Crippen LogP contribution < -0.4 is 0 Å². The molecule has 92 valence electrons. The van der Waals surface area contributed by atoms with Crippen LogP contribution in [0, 0.1) is 0 Å². The van der Waals surface area contributed by atoms with Gasteiger partial charge in [-0.05, 0) is 13.8 Å². The molecule has 0 atom stereocenters. The molecule has 0 aromatic carbocycles. The van der Waals surface area contributed by atoms with Gasteiger partial charge in [0.05, 0.1) is 6.26 Å². The fraction of sp³-hybridized carbons (Fsp3) is 1.00. The Kier molecular flexibility index (Phi) is 6.40. The quantitative estimate of drug-likeness (QED) is 0.718. The molecule has 0 N–H and O–H groups in total. The van der Waals surface area contributed by atoms with Crippen molar-refractivity contribution >= 4 is 10.0 Å². The monoisotopic (exact) mass is 236 g/mol. The lowest BCUT2D eigenvalue weighted by Crippen LogP contribution is -2.50. The number of nitrogens with zero attached hydrogens (tertiary/aromatic N) is 2. The molecular weight excluding hydrogens is 212 g/mol. The van der Waals surface area contributed by atoms with E-state index in [0.717, 1.165) is 13.1 Å². The van der Waals surface area contributed by atoms with E-state index in [1.165, 1.54) is 6.26 Å². The fourth-order valence-corrected chi connectivity index (χ4v) is 2.38. The maximum Gasteiger partial charge on any atom is 0.211 e. The Labute approximate surface area is 94.3 Å². The van der Waals surface area contributed by atoms with E-state index < -0.39 is 10.0 Å². The lowest BCUT2D eigenvalue weighted by molar-refractivity contribution is 0.154. The molecule has 0 bridgehead atoms. The highest BCUT2D eigenvalue weighted by Crippen LogP contribution is 2.08. The second kappa shape index (κ2) is 6.45. The smallest absolute Gasteiger partial charge is 0.211 e. The maximum absolute atomic E-state index is 11.2. The largest absolute Gasteiger partial charge is 0.298 e. The Bertz CT molecular complexity index is 255. The minimum Gasteiger partial charge on any atom is -0.298 e. The highest BCUT2D eigenvalue weighted by Gasteiger charge is 2.24. The van der Waals surface area contributed by atoms with Crippen LogP contribution in [-0.2, 0) is 10.0 Å². The molecule has 5 heteroatoms. The van der Waals surface area contributed by atoms with E-state index in [0.29, 0.717) is 19.1 Å². The van der Waals surface area contributed by atoms with Crippen LogP contribution in [0.1, 0.15) is 27.7 Å². The average molecular weight is 236 g/mol. The van der Waals surface area contributed by atoms with Crippen molar-refractivity contribution in [3.05, 3.63) is 0 Å². The molecular formula is C10H24N2O2S. The van der Waals surface area contributed by atoms with Gasteiger partial charge < -0.3 is 0 Å². The van der Waals surface area contributed by atoms with E-state index in [9.17, 15) is 8.42 Å². The Morgan fingerprint density at radius 3 is 1.67 bits per heavy atom. The Balaban J connectivity index is 0.000000921. The molecule has 0 aromatic heterocycles. The van der Waals surface area contributed by atoms with Gasteiger partial charge in [0.1, 0.15) is 0 Å². The minimum absolute atomic E-state index is 0.515. The molecule has 1 aliphatic heterocycles. The number of hydrogen-bond acceptors (Lipinski definition) is 3. The topological polar surface area (TPSA) is 40.6 Å². The first-order chi connectivity index (χ1) is 6.91. The minimum atomic E-state index is -2.97. The van der Waals surface area contributed by atoms with E-state index >= 15 is 0 Å². The van der Waals surface area contributed by atoms with Crippen LogP contribution in [0.4, 0.5) is 0 Å². The summed E-state index contributed by atoms with van der Waals surface area (Å²) >= 11 is 0. The molecule has 0 radical (unpaired) electrons. The molecule has 0 aliphatic carbocycles. The summed E-state index contributed by atoms with van der Waals surface area (Å²) in [6.07, 6.45) is 1.28. The summed E-state index contributed by atoms with van der Waals surface area (Å²) in [5.41, 5.74) is 0. The molecule has 0 aromatic rings. The van der Waals surface area contributed by atoms with Gasteiger partial charge >= 0.3 is 0 Å². The van der Waals surface area contributed by atoms with Crippen LogP contribution in [-0.4, -0.2) is 56.1 Å². The molecule has 0 amide bonds. The third-order valence-corrected chi connectivity index (χ3v) is 3.78. The molecule has 1 aliphatic rings. The van der Waals surface area contributed by atoms with Crippen molar-refractivity contribution in [1.29, 1.82) is 0 Å². The molecule has 4 nitrogen and oxygen atoms in total. The maximum atomic E-state index is 11.2. The zero-order valence-electron chi connectivity index (χ0n) is 10.5. The number of rotatable bonds is 2. The second-order valence-electron chi connectivity index (χ2n) is 3.79. The van der Waals surface area contributed by atoms with Gasteiger partial charge in [0.15, 0.2) is 0 Å². The average Bonchev–Trinajstić information content (AvgIpc) is 2.20. The summed E-state index contributed by atoms with van der Waals surface area (Å²) in [5.74, 6) is 0. The first-order valence-electron chi connectivity index (χ1n) is 5.60. The van der Waals surface area contributed by atoms with Crippen molar-refractivity contribution < 1.29 is 8.42 Å². The van der Waals surface area contributed by atoms with E-state index in [-0.39, 0.29) is 0 Å². The van der Waals surface area contributed by atoms with Gasteiger partial charge in [-0.15, -0.1) is 0 Å². The number of hydrogen-bond donors (Lipinski definition) is 0. The molecule has 0 spiro atoms.